The molecule has 0 saturated heterocycles. The summed E-state index contributed by atoms with van der Waals surface area (Å²) in [6.45, 7) is 0. The molecule has 0 amide bonds. The monoisotopic (exact) mass is 331 g/mol. The Balaban J connectivity index is 2.28. The summed E-state index contributed by atoms with van der Waals surface area (Å²) >= 11 is 4.82. The minimum Gasteiger partial charge on any atom is -0.296 e. The number of nitriles is 1. The Morgan fingerprint density at radius 1 is 1.47 bits per heavy atom. The van der Waals surface area contributed by atoms with Crippen molar-refractivity contribution in [2.45, 2.75) is 0 Å². The number of hydrogen-bond donors (Lipinski definition) is 0. The number of halogens is 1. The third-order valence-corrected chi connectivity index (χ3v) is 4.14. The van der Waals surface area contributed by atoms with Crippen LogP contribution in [0.2, 0.25) is 0 Å². The number of carbonyl (C=O) groups excluding carboxylic acids is 1. The van der Waals surface area contributed by atoms with Gasteiger partial charge in [-0.05, 0) is 24.3 Å². The van der Waals surface area contributed by atoms with Crippen LogP contribution in [0.15, 0.2) is 34.9 Å². The van der Waals surface area contributed by atoms with E-state index < -0.39 is 0 Å². The molecule has 2 heterocycles. The van der Waals surface area contributed by atoms with Gasteiger partial charge in [0.2, 0.25) is 0 Å². The fourth-order valence-electron chi connectivity index (χ4n) is 1.84. The first kappa shape index (κ1) is 12.1. The van der Waals surface area contributed by atoms with Gasteiger partial charge < -0.3 is 0 Å². The van der Waals surface area contributed by atoms with E-state index in [9.17, 15) is 4.79 Å². The zero-order valence-electron chi connectivity index (χ0n) is 9.50. The predicted octanol–water partition coefficient (Wildman–Crippen LogP) is 3.53. The highest BCUT2D eigenvalue weighted by Gasteiger charge is 2.12. The number of hydrogen-bond acceptors (Lipinski definition) is 4. The number of aromatic nitrogens is 2. The van der Waals surface area contributed by atoms with E-state index in [-0.39, 0.29) is 0 Å². The number of benzene rings is 1. The van der Waals surface area contributed by atoms with Crippen LogP contribution in [0.25, 0.3) is 15.3 Å². The Morgan fingerprint density at radius 3 is 3.05 bits per heavy atom. The van der Waals surface area contributed by atoms with Crippen molar-refractivity contribution in [1.29, 1.82) is 5.26 Å². The topological polar surface area (TPSA) is 58.7 Å². The summed E-state index contributed by atoms with van der Waals surface area (Å²) in [7, 11) is 0. The van der Waals surface area contributed by atoms with Gasteiger partial charge in [0.25, 0.3) is 0 Å². The minimum atomic E-state index is 0.520. The van der Waals surface area contributed by atoms with Crippen LogP contribution in [0.1, 0.15) is 16.1 Å². The van der Waals surface area contributed by atoms with Crippen LogP contribution >= 0.6 is 27.3 Å². The number of thiazole rings is 1. The first-order valence-corrected chi connectivity index (χ1v) is 6.97. The van der Waals surface area contributed by atoms with E-state index in [1.54, 1.807) is 29.0 Å². The second-order valence-corrected chi connectivity index (χ2v) is 5.75. The molecule has 0 aliphatic carbocycles. The number of nitrogens with zero attached hydrogens (tertiary/aromatic N) is 3. The summed E-state index contributed by atoms with van der Waals surface area (Å²) in [6.07, 6.45) is 2.57. The lowest BCUT2D eigenvalue weighted by Crippen LogP contribution is -1.96. The molecule has 0 unspecified atom stereocenters. The molecule has 2 aromatic heterocycles. The predicted molar refractivity (Wildman–Crippen MR) is 76.7 cm³/mol. The van der Waals surface area contributed by atoms with Crippen LogP contribution in [0, 0.1) is 11.3 Å². The van der Waals surface area contributed by atoms with Crippen molar-refractivity contribution >= 4 is 43.8 Å². The van der Waals surface area contributed by atoms with Gasteiger partial charge in [0.05, 0.1) is 16.0 Å². The molecule has 4 nitrogen and oxygen atoms in total. The molecule has 6 heteroatoms. The maximum atomic E-state index is 11.0. The van der Waals surface area contributed by atoms with Crippen molar-refractivity contribution in [1.82, 2.24) is 9.55 Å². The van der Waals surface area contributed by atoms with Gasteiger partial charge in [0, 0.05) is 10.7 Å². The number of fused-ring (bicyclic) bond motifs is 1. The van der Waals surface area contributed by atoms with Crippen LogP contribution in [0.5, 0.6) is 0 Å². The molecule has 92 valence electrons. The molecule has 0 aliphatic heterocycles. The first-order chi connectivity index (χ1) is 9.22. The van der Waals surface area contributed by atoms with Gasteiger partial charge in [-0.2, -0.15) is 5.26 Å². The molecule has 3 rings (SSSR count). The summed E-state index contributed by atoms with van der Waals surface area (Å²) in [4.78, 5) is 15.4. The maximum absolute atomic E-state index is 11.0. The summed E-state index contributed by atoms with van der Waals surface area (Å²) in [5, 5.41) is 9.81. The maximum Gasteiger partial charge on any atom is 0.195 e. The molecule has 0 spiro atoms. The highest BCUT2D eigenvalue weighted by molar-refractivity contribution is 9.10. The van der Waals surface area contributed by atoms with E-state index in [2.05, 4.69) is 27.0 Å². The molecular formula is C13H6BrN3OS. The van der Waals surface area contributed by atoms with Gasteiger partial charge in [-0.25, -0.2) is 4.98 Å². The van der Waals surface area contributed by atoms with Crippen LogP contribution in [-0.4, -0.2) is 15.8 Å². The molecule has 0 aliphatic rings. The van der Waals surface area contributed by atoms with Gasteiger partial charge in [0.1, 0.15) is 11.6 Å². The second-order valence-electron chi connectivity index (χ2n) is 3.83. The summed E-state index contributed by atoms with van der Waals surface area (Å²) in [5.41, 5.74) is 1.72. The zero-order chi connectivity index (χ0) is 13.4. The average Bonchev–Trinajstić information content (AvgIpc) is 3.02. The Labute approximate surface area is 121 Å². The Morgan fingerprint density at radius 2 is 2.32 bits per heavy atom. The summed E-state index contributed by atoms with van der Waals surface area (Å²) < 4.78 is 3.47. The zero-order valence-corrected chi connectivity index (χ0v) is 11.9. The van der Waals surface area contributed by atoms with Gasteiger partial charge in [-0.1, -0.05) is 27.3 Å². The van der Waals surface area contributed by atoms with Crippen molar-refractivity contribution < 1.29 is 4.79 Å². The van der Waals surface area contributed by atoms with Crippen LogP contribution in [-0.2, 0) is 0 Å². The van der Waals surface area contributed by atoms with Crippen LogP contribution in [0.3, 0.4) is 0 Å². The van der Waals surface area contributed by atoms with Crippen molar-refractivity contribution in [2.75, 3.05) is 0 Å². The van der Waals surface area contributed by atoms with Crippen molar-refractivity contribution in [3.05, 3.63) is 46.2 Å². The van der Waals surface area contributed by atoms with Gasteiger partial charge in [-0.15, -0.1) is 0 Å². The molecule has 0 saturated carbocycles. The lowest BCUT2D eigenvalue weighted by atomic mass is 10.2. The Hall–Kier alpha value is -1.97. The highest BCUT2D eigenvalue weighted by atomic mass is 79.9. The van der Waals surface area contributed by atoms with Crippen molar-refractivity contribution in [3.63, 3.8) is 0 Å². The van der Waals surface area contributed by atoms with Gasteiger partial charge in [-0.3, -0.25) is 9.36 Å². The largest absolute Gasteiger partial charge is 0.296 e. The quantitative estimate of drug-likeness (QED) is 0.675. The normalized spacial score (nSPS) is 10.5. The van der Waals surface area contributed by atoms with E-state index >= 15 is 0 Å². The Bertz CT molecular complexity index is 828. The molecule has 1 aromatic carbocycles. The van der Waals surface area contributed by atoms with Crippen molar-refractivity contribution in [3.8, 4) is 11.2 Å². The minimum absolute atomic E-state index is 0.520. The number of carbonyl (C=O) groups is 1. The van der Waals surface area contributed by atoms with Crippen molar-refractivity contribution in [2.24, 2.45) is 0 Å². The second kappa shape index (κ2) is 4.61. The summed E-state index contributed by atoms with van der Waals surface area (Å²) in [5.74, 6) is 0. The first-order valence-electron chi connectivity index (χ1n) is 5.36. The standard InChI is InChI=1S/C13H6BrN3OS/c14-9-4-8(6-15)12-11(5-9)19-13(16-12)17-3-1-2-10(17)7-18/h1-5,7H. The molecule has 3 aromatic rings. The third kappa shape index (κ3) is 1.97. The molecular weight excluding hydrogens is 326 g/mol. The fourth-order valence-corrected chi connectivity index (χ4v) is 3.48. The smallest absolute Gasteiger partial charge is 0.195 e. The number of rotatable bonds is 2. The Kier molecular flexibility index (Phi) is 2.93. The van der Waals surface area contributed by atoms with Crippen LogP contribution in [0.4, 0.5) is 0 Å². The lowest BCUT2D eigenvalue weighted by molar-refractivity contribution is 0.111. The summed E-state index contributed by atoms with van der Waals surface area (Å²) in [6, 6.07) is 9.30. The average molecular weight is 332 g/mol. The van der Waals surface area contributed by atoms with E-state index in [1.807, 2.05) is 6.07 Å². The fraction of sp³-hybridized carbons (Fsp3) is 0. The van der Waals surface area contributed by atoms with Gasteiger partial charge in [0.15, 0.2) is 11.4 Å². The molecule has 0 fully saturated rings. The third-order valence-electron chi connectivity index (χ3n) is 2.68. The molecule has 0 radical (unpaired) electrons. The van der Waals surface area contributed by atoms with E-state index in [0.717, 1.165) is 15.5 Å². The molecule has 0 atom stereocenters. The lowest BCUT2D eigenvalue weighted by Gasteiger charge is -1.97. The van der Waals surface area contributed by atoms with Crippen LogP contribution < -0.4 is 0 Å². The SMILES string of the molecule is N#Cc1cc(Br)cc2sc(-n3cccc3C=O)nc12. The molecule has 19 heavy (non-hydrogen) atoms. The molecule has 0 bridgehead atoms. The molecule has 0 N–H and O–H groups in total. The van der Waals surface area contributed by atoms with E-state index in [0.29, 0.717) is 21.9 Å². The van der Waals surface area contributed by atoms with Gasteiger partial charge >= 0.3 is 0 Å². The highest BCUT2D eigenvalue weighted by Crippen LogP contribution is 2.30. The van der Waals surface area contributed by atoms with E-state index in [1.165, 1.54) is 11.3 Å². The number of aldehydes is 1. The van der Waals surface area contributed by atoms with E-state index in [4.69, 9.17) is 5.26 Å².